The Morgan fingerprint density at radius 1 is 1.05 bits per heavy atom. The van der Waals surface area contributed by atoms with Crippen LogP contribution in [0.4, 0.5) is 5.82 Å². The number of thioether (sulfide) groups is 1. The minimum absolute atomic E-state index is 0.0427. The Morgan fingerprint density at radius 2 is 1.78 bits per heavy atom. The normalized spacial score (nSPS) is 10.7. The molecule has 0 fully saturated rings. The molecule has 0 bridgehead atoms. The van der Waals surface area contributed by atoms with Crippen LogP contribution in [0, 0.1) is 22.7 Å². The molecule has 0 unspecified atom stereocenters. The van der Waals surface area contributed by atoms with Crippen molar-refractivity contribution >= 4 is 29.2 Å². The number of benzene rings is 1. The quantitative estimate of drug-likeness (QED) is 0.265. The van der Waals surface area contributed by atoms with Crippen LogP contribution in [0.15, 0.2) is 52.0 Å². The van der Waals surface area contributed by atoms with Gasteiger partial charge in [0.05, 0.1) is 11.3 Å². The molecule has 10 heteroatoms. The van der Waals surface area contributed by atoms with Gasteiger partial charge in [0.15, 0.2) is 0 Å². The number of halogens is 1. The first kappa shape index (κ1) is 26.2. The summed E-state index contributed by atoms with van der Waals surface area (Å²) < 4.78 is 5.98. The molecule has 8 nitrogen and oxygen atoms in total. The monoisotopic (exact) mass is 530 g/mol. The second-order valence-electron chi connectivity index (χ2n) is 8.05. The highest BCUT2D eigenvalue weighted by atomic mass is 35.5. The van der Waals surface area contributed by atoms with Crippen LogP contribution < -0.4 is 5.73 Å². The number of rotatable bonds is 9. The number of aromatic nitrogens is 3. The largest absolute Gasteiger partial charge is 0.441 e. The van der Waals surface area contributed by atoms with Crippen LogP contribution in [-0.4, -0.2) is 26.7 Å². The summed E-state index contributed by atoms with van der Waals surface area (Å²) in [5.74, 6) is 1.66. The van der Waals surface area contributed by atoms with Crippen molar-refractivity contribution in [1.29, 1.82) is 10.5 Å². The number of anilines is 1. The maximum Gasteiger partial charge on any atom is 0.226 e. The first-order chi connectivity index (χ1) is 18.0. The number of aryl methyl sites for hydroxylation is 2. The Hall–Kier alpha value is -3.89. The van der Waals surface area contributed by atoms with Crippen molar-refractivity contribution in [3.8, 4) is 34.7 Å². The van der Waals surface area contributed by atoms with Gasteiger partial charge in [0.25, 0.3) is 0 Å². The average Bonchev–Trinajstić information content (AvgIpc) is 3.34. The van der Waals surface area contributed by atoms with Crippen molar-refractivity contribution in [2.45, 2.75) is 37.0 Å². The van der Waals surface area contributed by atoms with Crippen LogP contribution in [0.5, 0.6) is 0 Å². The van der Waals surface area contributed by atoms with E-state index in [1.807, 2.05) is 25.1 Å². The van der Waals surface area contributed by atoms with Crippen molar-refractivity contribution in [1.82, 2.24) is 15.0 Å². The first-order valence-corrected chi connectivity index (χ1v) is 12.9. The summed E-state index contributed by atoms with van der Waals surface area (Å²) in [6.45, 7) is 2.06. The molecule has 4 rings (SSSR count). The van der Waals surface area contributed by atoms with E-state index < -0.39 is 0 Å². The van der Waals surface area contributed by atoms with Gasteiger partial charge in [-0.3, -0.25) is 4.98 Å². The molecule has 0 aliphatic carbocycles. The van der Waals surface area contributed by atoms with E-state index in [1.165, 1.54) is 11.8 Å². The molecule has 1 aromatic carbocycles. The third-order valence-corrected chi connectivity index (χ3v) is 6.89. The van der Waals surface area contributed by atoms with Gasteiger partial charge in [0.1, 0.15) is 34.3 Å². The van der Waals surface area contributed by atoms with E-state index >= 15 is 0 Å². The summed E-state index contributed by atoms with van der Waals surface area (Å²) in [7, 11) is 0. The van der Waals surface area contributed by atoms with E-state index in [1.54, 1.807) is 24.4 Å². The minimum atomic E-state index is 0.0427. The standard InChI is InChI=1S/C27H23ClN6O2S/c1-2-23-22(33-26(36-23)16-5-8-18(28)9-6-16)15-37-27-21(13-30)24(20(12-29)25(31)34-27)17-7-10-19(32-14-17)4-3-11-35/h5-10,14,35H,2-4,11,15H2,1H3,(H2,31,34). The molecule has 0 radical (unpaired) electrons. The van der Waals surface area contributed by atoms with Gasteiger partial charge in [-0.25, -0.2) is 9.97 Å². The highest BCUT2D eigenvalue weighted by molar-refractivity contribution is 7.98. The Kier molecular flexibility index (Phi) is 8.42. The van der Waals surface area contributed by atoms with Crippen molar-refractivity contribution in [2.75, 3.05) is 12.3 Å². The number of pyridine rings is 2. The molecule has 37 heavy (non-hydrogen) atoms. The zero-order valence-electron chi connectivity index (χ0n) is 20.0. The molecule has 0 amide bonds. The fourth-order valence-electron chi connectivity index (χ4n) is 3.80. The highest BCUT2D eigenvalue weighted by Gasteiger charge is 2.22. The maximum absolute atomic E-state index is 10.1. The minimum Gasteiger partial charge on any atom is -0.441 e. The van der Waals surface area contributed by atoms with E-state index in [-0.39, 0.29) is 23.6 Å². The number of hydrogen-bond donors (Lipinski definition) is 2. The molecule has 3 heterocycles. The van der Waals surface area contributed by atoms with Gasteiger partial charge in [-0.05, 0) is 43.2 Å². The van der Waals surface area contributed by atoms with Crippen LogP contribution in [0.25, 0.3) is 22.6 Å². The summed E-state index contributed by atoms with van der Waals surface area (Å²) in [4.78, 5) is 13.5. The molecule has 186 valence electrons. The van der Waals surface area contributed by atoms with Crippen molar-refractivity contribution in [2.24, 2.45) is 0 Å². The van der Waals surface area contributed by atoms with Gasteiger partial charge in [0.2, 0.25) is 5.89 Å². The fourth-order valence-corrected chi connectivity index (χ4v) is 4.88. The van der Waals surface area contributed by atoms with E-state index in [2.05, 4.69) is 27.1 Å². The molecular formula is C27H23ClN6O2S. The number of nitrogens with two attached hydrogens (primary N) is 1. The second-order valence-corrected chi connectivity index (χ2v) is 9.45. The summed E-state index contributed by atoms with van der Waals surface area (Å²) in [6.07, 6.45) is 3.48. The zero-order valence-corrected chi connectivity index (χ0v) is 21.6. The lowest BCUT2D eigenvalue weighted by Crippen LogP contribution is -2.04. The number of nitrogens with zero attached hydrogens (tertiary/aromatic N) is 5. The number of oxazole rings is 1. The molecule has 3 aromatic heterocycles. The van der Waals surface area contributed by atoms with Crippen molar-refractivity contribution in [3.05, 3.63) is 75.9 Å². The Bertz CT molecular complexity index is 1490. The molecule has 3 N–H and O–H groups in total. The number of aliphatic hydroxyl groups excluding tert-OH is 1. The van der Waals surface area contributed by atoms with E-state index in [9.17, 15) is 10.5 Å². The number of hydrogen-bond acceptors (Lipinski definition) is 9. The predicted molar refractivity (Wildman–Crippen MR) is 143 cm³/mol. The molecule has 0 saturated heterocycles. The smallest absolute Gasteiger partial charge is 0.226 e. The molecule has 0 atom stereocenters. The van der Waals surface area contributed by atoms with Gasteiger partial charge in [-0.1, -0.05) is 36.4 Å². The summed E-state index contributed by atoms with van der Waals surface area (Å²) in [6, 6.07) is 15.2. The topological polar surface area (TPSA) is 146 Å². The van der Waals surface area contributed by atoms with Gasteiger partial charge < -0.3 is 15.3 Å². The summed E-state index contributed by atoms with van der Waals surface area (Å²) >= 11 is 7.30. The first-order valence-electron chi connectivity index (χ1n) is 11.6. The van der Waals surface area contributed by atoms with E-state index in [4.69, 9.17) is 26.9 Å². The lowest BCUT2D eigenvalue weighted by molar-refractivity contribution is 0.288. The molecule has 0 saturated carbocycles. The molecule has 0 aliphatic rings. The van der Waals surface area contributed by atoms with Gasteiger partial charge in [-0.2, -0.15) is 10.5 Å². The predicted octanol–water partition coefficient (Wildman–Crippen LogP) is 5.56. The summed E-state index contributed by atoms with van der Waals surface area (Å²) in [5.41, 5.74) is 9.89. The third-order valence-electron chi connectivity index (χ3n) is 5.66. The van der Waals surface area contributed by atoms with Crippen LogP contribution in [0.3, 0.4) is 0 Å². The molecule has 0 aliphatic heterocycles. The molecule has 0 spiro atoms. The lowest BCUT2D eigenvalue weighted by atomic mass is 9.98. The second kappa shape index (κ2) is 11.9. The van der Waals surface area contributed by atoms with Crippen molar-refractivity contribution in [3.63, 3.8) is 0 Å². The van der Waals surface area contributed by atoms with Gasteiger partial charge in [0, 0.05) is 52.4 Å². The number of aliphatic hydroxyl groups is 1. The lowest BCUT2D eigenvalue weighted by Gasteiger charge is -2.13. The van der Waals surface area contributed by atoms with Crippen LogP contribution >= 0.6 is 23.4 Å². The SMILES string of the molecule is CCc1oc(-c2ccc(Cl)cc2)nc1CSc1nc(N)c(C#N)c(-c2ccc(CCCO)nc2)c1C#N. The Labute approximate surface area is 223 Å². The Morgan fingerprint density at radius 3 is 2.41 bits per heavy atom. The molecular weight excluding hydrogens is 508 g/mol. The highest BCUT2D eigenvalue weighted by Crippen LogP contribution is 2.37. The van der Waals surface area contributed by atoms with Crippen molar-refractivity contribution < 1.29 is 9.52 Å². The average molecular weight is 531 g/mol. The van der Waals surface area contributed by atoms with E-state index in [0.717, 1.165) is 22.7 Å². The van der Waals surface area contributed by atoms with Crippen LogP contribution in [0.1, 0.15) is 41.6 Å². The third kappa shape index (κ3) is 5.76. The number of nitrogen functional groups attached to an aromatic ring is 1. The maximum atomic E-state index is 10.1. The van der Waals surface area contributed by atoms with Crippen LogP contribution in [-0.2, 0) is 18.6 Å². The van der Waals surface area contributed by atoms with Gasteiger partial charge >= 0.3 is 0 Å². The Balaban J connectivity index is 1.68. The summed E-state index contributed by atoms with van der Waals surface area (Å²) in [5, 5.41) is 29.9. The van der Waals surface area contributed by atoms with E-state index in [0.29, 0.717) is 52.1 Å². The zero-order chi connectivity index (χ0) is 26.4. The van der Waals surface area contributed by atoms with Crippen LogP contribution in [0.2, 0.25) is 5.02 Å². The molecule has 4 aromatic rings. The fraction of sp³-hybridized carbons (Fsp3) is 0.222. The van der Waals surface area contributed by atoms with Gasteiger partial charge in [-0.15, -0.1) is 0 Å². The number of nitriles is 2.